The van der Waals surface area contributed by atoms with Crippen LogP contribution in [0.3, 0.4) is 0 Å². The smallest absolute Gasteiger partial charge is 0.198 e. The fourth-order valence-corrected chi connectivity index (χ4v) is 2.17. The maximum atomic E-state index is 6.02. The van der Waals surface area contributed by atoms with E-state index in [9.17, 15) is 0 Å². The Morgan fingerprint density at radius 3 is 2.25 bits per heavy atom. The fraction of sp³-hybridized carbons (Fsp3) is 0.235. The molecule has 3 nitrogen and oxygen atoms in total. The minimum Gasteiger partial charge on any atom is -0.369 e. The number of aliphatic imine (C=N–C) groups is 1. The minimum absolute atomic E-state index is 0.423. The quantitative estimate of drug-likeness (QED) is 0.652. The summed E-state index contributed by atoms with van der Waals surface area (Å²) >= 11 is 0. The Hall–Kier alpha value is -2.29. The molecule has 2 aromatic rings. The molecule has 0 saturated heterocycles. The van der Waals surface area contributed by atoms with Gasteiger partial charge in [-0.1, -0.05) is 50.2 Å². The number of guanidine groups is 1. The molecule has 0 saturated carbocycles. The summed E-state index contributed by atoms with van der Waals surface area (Å²) in [5.74, 6) is 0.423. The van der Waals surface area contributed by atoms with Crippen molar-refractivity contribution < 1.29 is 0 Å². The van der Waals surface area contributed by atoms with Crippen molar-refractivity contribution in [3.63, 3.8) is 0 Å². The van der Waals surface area contributed by atoms with Gasteiger partial charge in [-0.05, 0) is 36.1 Å². The summed E-state index contributed by atoms with van der Waals surface area (Å²) in [7, 11) is 0. The molecule has 20 heavy (non-hydrogen) atoms. The van der Waals surface area contributed by atoms with Gasteiger partial charge in [0.1, 0.15) is 0 Å². The highest BCUT2D eigenvalue weighted by Gasteiger charge is 2.02. The van der Waals surface area contributed by atoms with Crippen LogP contribution in [0.5, 0.6) is 0 Å². The van der Waals surface area contributed by atoms with Crippen LogP contribution in [-0.4, -0.2) is 5.96 Å². The zero-order valence-corrected chi connectivity index (χ0v) is 12.1. The van der Waals surface area contributed by atoms with E-state index in [4.69, 9.17) is 5.73 Å². The average Bonchev–Trinajstić information content (AvgIpc) is 2.48. The van der Waals surface area contributed by atoms with Gasteiger partial charge in [-0.2, -0.15) is 0 Å². The molecule has 3 N–H and O–H groups in total. The maximum absolute atomic E-state index is 6.02. The summed E-state index contributed by atoms with van der Waals surface area (Å²) in [6.45, 7) is 4.24. The van der Waals surface area contributed by atoms with Crippen molar-refractivity contribution in [2.45, 2.75) is 26.7 Å². The third-order valence-electron chi connectivity index (χ3n) is 3.27. The molecule has 0 spiro atoms. The van der Waals surface area contributed by atoms with Gasteiger partial charge in [-0.15, -0.1) is 0 Å². The molecular weight excluding hydrogens is 246 g/mol. The second-order valence-corrected chi connectivity index (χ2v) is 4.62. The summed E-state index contributed by atoms with van der Waals surface area (Å²) < 4.78 is 0. The first-order valence-corrected chi connectivity index (χ1v) is 7.01. The number of rotatable bonds is 4. The molecule has 0 fully saturated rings. The molecule has 2 aromatic carbocycles. The SMILES string of the molecule is CCc1ccccc1N=C(N)Nc1ccccc1CC. The number of hydrogen-bond acceptors (Lipinski definition) is 1. The largest absolute Gasteiger partial charge is 0.369 e. The molecule has 0 radical (unpaired) electrons. The first kappa shape index (κ1) is 14.1. The molecular formula is C17H21N3. The Kier molecular flexibility index (Phi) is 4.77. The molecule has 0 amide bonds. The van der Waals surface area contributed by atoms with Crippen molar-refractivity contribution in [3.8, 4) is 0 Å². The van der Waals surface area contributed by atoms with Crippen LogP contribution in [0.2, 0.25) is 0 Å². The number of nitrogens with zero attached hydrogens (tertiary/aromatic N) is 1. The fourth-order valence-electron chi connectivity index (χ4n) is 2.17. The highest BCUT2D eigenvalue weighted by atomic mass is 15.1. The van der Waals surface area contributed by atoms with E-state index >= 15 is 0 Å². The summed E-state index contributed by atoms with van der Waals surface area (Å²) in [6, 6.07) is 16.2. The molecule has 0 aliphatic rings. The van der Waals surface area contributed by atoms with Crippen LogP contribution in [-0.2, 0) is 12.8 Å². The number of benzene rings is 2. The number of aryl methyl sites for hydroxylation is 2. The lowest BCUT2D eigenvalue weighted by Gasteiger charge is -2.10. The highest BCUT2D eigenvalue weighted by molar-refractivity contribution is 5.94. The van der Waals surface area contributed by atoms with E-state index < -0.39 is 0 Å². The van der Waals surface area contributed by atoms with Crippen molar-refractivity contribution in [2.24, 2.45) is 10.7 Å². The standard InChI is InChI=1S/C17H21N3/c1-3-13-9-5-7-11-15(13)19-17(18)20-16-12-8-6-10-14(16)4-2/h5-12H,3-4H2,1-2H3,(H3,18,19,20). The van der Waals surface area contributed by atoms with Crippen LogP contribution in [0.4, 0.5) is 11.4 Å². The molecule has 0 bridgehead atoms. The minimum atomic E-state index is 0.423. The molecule has 0 aliphatic carbocycles. The molecule has 0 unspecified atom stereocenters. The molecule has 2 rings (SSSR count). The molecule has 104 valence electrons. The Bertz CT molecular complexity index is 603. The Balaban J connectivity index is 2.23. The lowest BCUT2D eigenvalue weighted by atomic mass is 10.1. The van der Waals surface area contributed by atoms with Gasteiger partial charge in [0, 0.05) is 5.69 Å². The number of nitrogens with one attached hydrogen (secondary N) is 1. The topological polar surface area (TPSA) is 50.4 Å². The predicted octanol–water partition coefficient (Wildman–Crippen LogP) is 3.87. The van der Waals surface area contributed by atoms with E-state index in [1.54, 1.807) is 0 Å². The lowest BCUT2D eigenvalue weighted by molar-refractivity contribution is 1.13. The van der Waals surface area contributed by atoms with Crippen LogP contribution >= 0.6 is 0 Å². The van der Waals surface area contributed by atoms with Crippen LogP contribution in [0.25, 0.3) is 0 Å². The van der Waals surface area contributed by atoms with Crippen molar-refractivity contribution in [1.29, 1.82) is 0 Å². The van der Waals surface area contributed by atoms with Gasteiger partial charge < -0.3 is 11.1 Å². The van der Waals surface area contributed by atoms with Crippen LogP contribution in [0.1, 0.15) is 25.0 Å². The second kappa shape index (κ2) is 6.75. The van der Waals surface area contributed by atoms with Gasteiger partial charge in [0.2, 0.25) is 0 Å². The monoisotopic (exact) mass is 267 g/mol. The number of anilines is 1. The van der Waals surface area contributed by atoms with E-state index in [1.807, 2.05) is 36.4 Å². The van der Waals surface area contributed by atoms with E-state index in [0.717, 1.165) is 24.2 Å². The average molecular weight is 267 g/mol. The predicted molar refractivity (Wildman–Crippen MR) is 86.5 cm³/mol. The van der Waals surface area contributed by atoms with Crippen LogP contribution in [0, 0.1) is 0 Å². The molecule has 0 aliphatic heterocycles. The Morgan fingerprint density at radius 1 is 0.950 bits per heavy atom. The zero-order valence-electron chi connectivity index (χ0n) is 12.1. The lowest BCUT2D eigenvalue weighted by Crippen LogP contribution is -2.22. The van der Waals surface area contributed by atoms with Crippen molar-refractivity contribution >= 4 is 17.3 Å². The Morgan fingerprint density at radius 2 is 1.55 bits per heavy atom. The van der Waals surface area contributed by atoms with Gasteiger partial charge >= 0.3 is 0 Å². The molecule has 0 atom stereocenters. The van der Waals surface area contributed by atoms with Crippen molar-refractivity contribution in [3.05, 3.63) is 59.7 Å². The van der Waals surface area contributed by atoms with Gasteiger partial charge in [-0.25, -0.2) is 4.99 Å². The zero-order chi connectivity index (χ0) is 14.4. The van der Waals surface area contributed by atoms with Crippen LogP contribution in [0.15, 0.2) is 53.5 Å². The number of para-hydroxylation sites is 2. The summed E-state index contributed by atoms with van der Waals surface area (Å²) in [5.41, 5.74) is 10.4. The van der Waals surface area contributed by atoms with Gasteiger partial charge in [0.15, 0.2) is 5.96 Å². The first-order chi connectivity index (χ1) is 9.74. The van der Waals surface area contributed by atoms with E-state index in [0.29, 0.717) is 5.96 Å². The van der Waals surface area contributed by atoms with Gasteiger partial charge in [0.05, 0.1) is 5.69 Å². The summed E-state index contributed by atoms with van der Waals surface area (Å²) in [6.07, 6.45) is 1.90. The third-order valence-corrected chi connectivity index (χ3v) is 3.27. The highest BCUT2D eigenvalue weighted by Crippen LogP contribution is 2.20. The molecule has 0 heterocycles. The van der Waals surface area contributed by atoms with E-state index in [-0.39, 0.29) is 0 Å². The Labute approximate surface area is 120 Å². The van der Waals surface area contributed by atoms with Crippen molar-refractivity contribution in [1.82, 2.24) is 0 Å². The number of nitrogens with two attached hydrogens (primary N) is 1. The number of hydrogen-bond donors (Lipinski definition) is 2. The summed E-state index contributed by atoms with van der Waals surface area (Å²) in [5, 5.41) is 3.19. The molecule has 0 aromatic heterocycles. The summed E-state index contributed by atoms with van der Waals surface area (Å²) in [4.78, 5) is 4.48. The normalized spacial score (nSPS) is 11.4. The van der Waals surface area contributed by atoms with Crippen molar-refractivity contribution in [2.75, 3.05) is 5.32 Å². The second-order valence-electron chi connectivity index (χ2n) is 4.62. The van der Waals surface area contributed by atoms with E-state index in [1.165, 1.54) is 11.1 Å². The molecule has 3 heteroatoms. The van der Waals surface area contributed by atoms with Gasteiger partial charge in [0.25, 0.3) is 0 Å². The maximum Gasteiger partial charge on any atom is 0.198 e. The first-order valence-electron chi connectivity index (χ1n) is 7.01. The third kappa shape index (κ3) is 3.38. The van der Waals surface area contributed by atoms with Gasteiger partial charge in [-0.3, -0.25) is 0 Å². The van der Waals surface area contributed by atoms with Crippen LogP contribution < -0.4 is 11.1 Å². The van der Waals surface area contributed by atoms with E-state index in [2.05, 4.69) is 36.3 Å².